The first-order chi connectivity index (χ1) is 9.30. The van der Waals surface area contributed by atoms with Gasteiger partial charge in [0.25, 0.3) is 0 Å². The van der Waals surface area contributed by atoms with Crippen LogP contribution in [0.2, 0.25) is 0 Å². The molecule has 0 radical (unpaired) electrons. The molecular formula is C13H18N2O4S. The van der Waals surface area contributed by atoms with Crippen LogP contribution >= 0.6 is 0 Å². The summed E-state index contributed by atoms with van der Waals surface area (Å²) < 4.78 is 26.8. The van der Waals surface area contributed by atoms with E-state index < -0.39 is 15.9 Å². The SMILES string of the molecule is Cc1ccc(S(=O)(=O)NCC2(CO)CC2)cc1C(N)=O. The highest BCUT2D eigenvalue weighted by Gasteiger charge is 2.42. The van der Waals surface area contributed by atoms with Crippen LogP contribution in [0.25, 0.3) is 0 Å². The van der Waals surface area contributed by atoms with Gasteiger partial charge in [-0.05, 0) is 37.5 Å². The molecule has 4 N–H and O–H groups in total. The van der Waals surface area contributed by atoms with Crippen molar-refractivity contribution in [1.29, 1.82) is 0 Å². The number of primary amides is 1. The van der Waals surface area contributed by atoms with Gasteiger partial charge in [-0.1, -0.05) is 6.07 Å². The summed E-state index contributed by atoms with van der Waals surface area (Å²) in [6.45, 7) is 1.86. The maximum atomic E-state index is 12.2. The Morgan fingerprint density at radius 1 is 1.45 bits per heavy atom. The molecular weight excluding hydrogens is 280 g/mol. The van der Waals surface area contributed by atoms with Crippen molar-refractivity contribution in [1.82, 2.24) is 4.72 Å². The maximum absolute atomic E-state index is 12.2. The normalized spacial score (nSPS) is 16.9. The van der Waals surface area contributed by atoms with Gasteiger partial charge >= 0.3 is 0 Å². The number of nitrogens with one attached hydrogen (secondary N) is 1. The third kappa shape index (κ3) is 3.00. The van der Waals surface area contributed by atoms with Crippen LogP contribution in [-0.4, -0.2) is 32.6 Å². The zero-order valence-electron chi connectivity index (χ0n) is 11.2. The maximum Gasteiger partial charge on any atom is 0.249 e. The number of hydrogen-bond donors (Lipinski definition) is 3. The van der Waals surface area contributed by atoms with E-state index in [1.807, 2.05) is 0 Å². The Hall–Kier alpha value is -1.44. The number of nitrogens with two attached hydrogens (primary N) is 1. The van der Waals surface area contributed by atoms with Crippen molar-refractivity contribution in [3.63, 3.8) is 0 Å². The highest BCUT2D eigenvalue weighted by atomic mass is 32.2. The van der Waals surface area contributed by atoms with Gasteiger partial charge in [-0.2, -0.15) is 0 Å². The van der Waals surface area contributed by atoms with E-state index >= 15 is 0 Å². The minimum Gasteiger partial charge on any atom is -0.396 e. The lowest BCUT2D eigenvalue weighted by Gasteiger charge is -2.14. The van der Waals surface area contributed by atoms with E-state index in [4.69, 9.17) is 5.73 Å². The van der Waals surface area contributed by atoms with E-state index in [0.717, 1.165) is 12.8 Å². The van der Waals surface area contributed by atoms with E-state index in [0.29, 0.717) is 5.56 Å². The Kier molecular flexibility index (Phi) is 3.86. The van der Waals surface area contributed by atoms with Crippen LogP contribution in [0.4, 0.5) is 0 Å². The molecule has 7 heteroatoms. The van der Waals surface area contributed by atoms with Crippen LogP contribution in [0.5, 0.6) is 0 Å². The Bertz CT molecular complexity index is 636. The summed E-state index contributed by atoms with van der Waals surface area (Å²) in [6, 6.07) is 4.26. The minimum atomic E-state index is -3.71. The molecule has 0 heterocycles. The van der Waals surface area contributed by atoms with Crippen molar-refractivity contribution in [2.24, 2.45) is 11.1 Å². The quantitative estimate of drug-likeness (QED) is 0.694. The molecule has 0 saturated heterocycles. The number of hydrogen-bond acceptors (Lipinski definition) is 4. The molecule has 6 nitrogen and oxygen atoms in total. The van der Waals surface area contributed by atoms with Crippen LogP contribution < -0.4 is 10.5 Å². The van der Waals surface area contributed by atoms with Gasteiger partial charge in [0.2, 0.25) is 15.9 Å². The molecule has 0 aromatic heterocycles. The Morgan fingerprint density at radius 2 is 2.10 bits per heavy atom. The molecule has 0 spiro atoms. The van der Waals surface area contributed by atoms with E-state index in [2.05, 4.69) is 4.72 Å². The zero-order valence-corrected chi connectivity index (χ0v) is 12.0. The first kappa shape index (κ1) is 15.0. The molecule has 1 aromatic carbocycles. The molecule has 20 heavy (non-hydrogen) atoms. The van der Waals surface area contributed by atoms with Crippen molar-refractivity contribution < 1.29 is 18.3 Å². The van der Waals surface area contributed by atoms with Crippen molar-refractivity contribution >= 4 is 15.9 Å². The predicted octanol–water partition coefficient (Wildman–Crippen LogP) is 0.145. The molecule has 1 amide bonds. The molecule has 2 rings (SSSR count). The molecule has 1 aromatic rings. The highest BCUT2D eigenvalue weighted by Crippen LogP contribution is 2.44. The fourth-order valence-corrected chi connectivity index (χ4v) is 3.12. The second-order valence-corrected chi connectivity index (χ2v) is 7.09. The summed E-state index contributed by atoms with van der Waals surface area (Å²) in [7, 11) is -3.71. The molecule has 0 unspecified atom stereocenters. The lowest BCUT2D eigenvalue weighted by molar-refractivity contribution is 0.0999. The second-order valence-electron chi connectivity index (χ2n) is 5.32. The lowest BCUT2D eigenvalue weighted by atomic mass is 10.1. The van der Waals surface area contributed by atoms with Gasteiger partial charge in [0.15, 0.2) is 0 Å². The van der Waals surface area contributed by atoms with Gasteiger partial charge in [0.1, 0.15) is 0 Å². The lowest BCUT2D eigenvalue weighted by Crippen LogP contribution is -2.32. The van der Waals surface area contributed by atoms with Gasteiger partial charge in [-0.3, -0.25) is 4.79 Å². The summed E-state index contributed by atoms with van der Waals surface area (Å²) in [5.74, 6) is -0.659. The van der Waals surface area contributed by atoms with Crippen LogP contribution in [0, 0.1) is 12.3 Å². The van der Waals surface area contributed by atoms with E-state index in [-0.39, 0.29) is 29.0 Å². The number of sulfonamides is 1. The predicted molar refractivity (Wildman–Crippen MR) is 73.6 cm³/mol. The molecule has 1 aliphatic rings. The van der Waals surface area contributed by atoms with Gasteiger partial charge in [-0.15, -0.1) is 0 Å². The van der Waals surface area contributed by atoms with Crippen LogP contribution in [0.15, 0.2) is 23.1 Å². The van der Waals surface area contributed by atoms with Crippen molar-refractivity contribution in [3.8, 4) is 0 Å². The van der Waals surface area contributed by atoms with Crippen molar-refractivity contribution in [2.45, 2.75) is 24.7 Å². The van der Waals surface area contributed by atoms with Crippen molar-refractivity contribution in [3.05, 3.63) is 29.3 Å². The average molecular weight is 298 g/mol. The molecule has 0 bridgehead atoms. The van der Waals surface area contributed by atoms with E-state index in [9.17, 15) is 18.3 Å². The van der Waals surface area contributed by atoms with Crippen LogP contribution in [0.3, 0.4) is 0 Å². The average Bonchev–Trinajstić information content (AvgIpc) is 3.17. The first-order valence-corrected chi connectivity index (χ1v) is 7.79. The fourth-order valence-electron chi connectivity index (χ4n) is 1.93. The Balaban J connectivity index is 2.21. The minimum absolute atomic E-state index is 0.00522. The number of aliphatic hydroxyl groups is 1. The van der Waals surface area contributed by atoms with E-state index in [1.54, 1.807) is 13.0 Å². The molecule has 0 aliphatic heterocycles. The Morgan fingerprint density at radius 3 is 2.60 bits per heavy atom. The van der Waals surface area contributed by atoms with Gasteiger partial charge in [0.05, 0.1) is 4.90 Å². The monoisotopic (exact) mass is 298 g/mol. The number of rotatable bonds is 6. The first-order valence-electron chi connectivity index (χ1n) is 6.31. The summed E-state index contributed by atoms with van der Waals surface area (Å²) in [4.78, 5) is 11.3. The van der Waals surface area contributed by atoms with E-state index in [1.165, 1.54) is 12.1 Å². The fraction of sp³-hybridized carbons (Fsp3) is 0.462. The molecule has 1 fully saturated rings. The van der Waals surface area contributed by atoms with Crippen LogP contribution in [-0.2, 0) is 10.0 Å². The van der Waals surface area contributed by atoms with Crippen LogP contribution in [0.1, 0.15) is 28.8 Å². The third-order valence-electron chi connectivity index (χ3n) is 3.71. The van der Waals surface area contributed by atoms with Gasteiger partial charge in [0, 0.05) is 24.1 Å². The summed E-state index contributed by atoms with van der Waals surface area (Å²) in [5, 5.41) is 9.18. The largest absolute Gasteiger partial charge is 0.396 e. The number of aryl methyl sites for hydroxylation is 1. The molecule has 1 saturated carbocycles. The third-order valence-corrected chi connectivity index (χ3v) is 5.11. The molecule has 1 aliphatic carbocycles. The zero-order chi connectivity index (χ0) is 15.0. The summed E-state index contributed by atoms with van der Waals surface area (Å²) in [6.07, 6.45) is 1.62. The smallest absolute Gasteiger partial charge is 0.249 e. The number of amides is 1. The number of benzene rings is 1. The summed E-state index contributed by atoms with van der Waals surface area (Å²) in [5.41, 5.74) is 5.72. The topological polar surface area (TPSA) is 109 Å². The van der Waals surface area contributed by atoms with Gasteiger partial charge < -0.3 is 10.8 Å². The second kappa shape index (κ2) is 5.16. The Labute approximate surface area is 118 Å². The number of aliphatic hydroxyl groups excluding tert-OH is 1. The number of carbonyl (C=O) groups excluding carboxylic acids is 1. The van der Waals surface area contributed by atoms with Gasteiger partial charge in [-0.25, -0.2) is 13.1 Å². The highest BCUT2D eigenvalue weighted by molar-refractivity contribution is 7.89. The standard InChI is InChI=1S/C13H18N2O4S/c1-9-2-3-10(6-11(9)12(14)17)20(18,19)15-7-13(8-16)4-5-13/h2-3,6,15-16H,4-5,7-8H2,1H3,(H2,14,17). The van der Waals surface area contributed by atoms with Crippen molar-refractivity contribution in [2.75, 3.05) is 13.2 Å². The molecule has 0 atom stereocenters. The number of carbonyl (C=O) groups is 1. The summed E-state index contributed by atoms with van der Waals surface area (Å²) >= 11 is 0. The molecule has 110 valence electrons.